The van der Waals surface area contributed by atoms with Gasteiger partial charge >= 0.3 is 0 Å². The first-order chi connectivity index (χ1) is 12.4. The van der Waals surface area contributed by atoms with E-state index in [-0.39, 0.29) is 0 Å². The van der Waals surface area contributed by atoms with Gasteiger partial charge in [0, 0.05) is 30.7 Å². The molecule has 3 aromatic rings. The van der Waals surface area contributed by atoms with Gasteiger partial charge in [0.15, 0.2) is 5.82 Å². The van der Waals surface area contributed by atoms with E-state index in [1.165, 1.54) is 41.5 Å². The molecule has 25 heavy (non-hydrogen) atoms. The first-order valence-corrected chi connectivity index (χ1v) is 9.99. The Bertz CT molecular complexity index is 877. The monoisotopic (exact) mass is 354 g/mol. The Morgan fingerprint density at radius 1 is 1.04 bits per heavy atom. The van der Waals surface area contributed by atoms with Gasteiger partial charge in [0.1, 0.15) is 10.6 Å². The van der Waals surface area contributed by atoms with Crippen LogP contribution in [0.1, 0.15) is 29.7 Å². The SMILES string of the molecule is c1n[nH]cc1-c1nc(N2CCCNCC2)c2c3c(sc2n1)CCCC3. The fourth-order valence-corrected chi connectivity index (χ4v) is 5.18. The number of thiophene rings is 1. The number of aryl methyl sites for hydroxylation is 2. The van der Waals surface area contributed by atoms with Crippen molar-refractivity contribution in [2.45, 2.75) is 32.1 Å². The number of H-pyrrole nitrogens is 1. The van der Waals surface area contributed by atoms with Crippen LogP contribution in [-0.2, 0) is 12.8 Å². The zero-order valence-corrected chi connectivity index (χ0v) is 15.0. The van der Waals surface area contributed by atoms with Crippen LogP contribution in [0.5, 0.6) is 0 Å². The Morgan fingerprint density at radius 2 is 2.00 bits per heavy atom. The maximum Gasteiger partial charge on any atom is 0.166 e. The second-order valence-electron chi connectivity index (χ2n) is 6.84. The van der Waals surface area contributed by atoms with E-state index >= 15 is 0 Å². The van der Waals surface area contributed by atoms with E-state index in [0.29, 0.717) is 0 Å². The smallest absolute Gasteiger partial charge is 0.166 e. The Balaban J connectivity index is 1.72. The summed E-state index contributed by atoms with van der Waals surface area (Å²) < 4.78 is 0. The summed E-state index contributed by atoms with van der Waals surface area (Å²) in [5.74, 6) is 1.91. The van der Waals surface area contributed by atoms with Gasteiger partial charge in [-0.2, -0.15) is 5.10 Å². The number of aromatic amines is 1. The van der Waals surface area contributed by atoms with Crippen LogP contribution in [0.3, 0.4) is 0 Å². The van der Waals surface area contributed by atoms with Gasteiger partial charge in [0.2, 0.25) is 0 Å². The molecule has 5 rings (SSSR count). The van der Waals surface area contributed by atoms with Crippen LogP contribution in [0.4, 0.5) is 5.82 Å². The first-order valence-electron chi connectivity index (χ1n) is 9.17. The molecule has 1 aliphatic heterocycles. The van der Waals surface area contributed by atoms with Crippen molar-refractivity contribution in [1.29, 1.82) is 0 Å². The van der Waals surface area contributed by atoms with E-state index in [1.54, 1.807) is 0 Å². The number of fused-ring (bicyclic) bond motifs is 3. The molecule has 4 heterocycles. The third-order valence-electron chi connectivity index (χ3n) is 5.19. The topological polar surface area (TPSA) is 69.7 Å². The molecule has 0 atom stereocenters. The summed E-state index contributed by atoms with van der Waals surface area (Å²) in [6.07, 6.45) is 9.78. The van der Waals surface area contributed by atoms with E-state index in [1.807, 2.05) is 23.7 Å². The van der Waals surface area contributed by atoms with E-state index in [9.17, 15) is 0 Å². The molecule has 0 radical (unpaired) electrons. The van der Waals surface area contributed by atoms with Crippen LogP contribution in [0.2, 0.25) is 0 Å². The highest BCUT2D eigenvalue weighted by Gasteiger charge is 2.24. The molecule has 0 aromatic carbocycles. The number of rotatable bonds is 2. The lowest BCUT2D eigenvalue weighted by molar-refractivity contribution is 0.699. The summed E-state index contributed by atoms with van der Waals surface area (Å²) in [5.41, 5.74) is 2.47. The number of nitrogens with zero attached hydrogens (tertiary/aromatic N) is 4. The van der Waals surface area contributed by atoms with Crippen LogP contribution in [-0.4, -0.2) is 46.3 Å². The molecule has 0 bridgehead atoms. The molecule has 7 heteroatoms. The number of hydrogen-bond acceptors (Lipinski definition) is 6. The molecule has 3 aromatic heterocycles. The third kappa shape index (κ3) is 2.71. The molecule has 1 aliphatic carbocycles. The van der Waals surface area contributed by atoms with Gasteiger partial charge in [0.25, 0.3) is 0 Å². The summed E-state index contributed by atoms with van der Waals surface area (Å²) in [6, 6.07) is 0. The Labute approximate surface area is 150 Å². The quantitative estimate of drug-likeness (QED) is 0.740. The van der Waals surface area contributed by atoms with Gasteiger partial charge in [0.05, 0.1) is 17.1 Å². The van der Waals surface area contributed by atoms with E-state index in [0.717, 1.165) is 54.6 Å². The number of nitrogens with one attached hydrogen (secondary N) is 2. The van der Waals surface area contributed by atoms with Gasteiger partial charge in [-0.1, -0.05) is 0 Å². The lowest BCUT2D eigenvalue weighted by Gasteiger charge is -2.23. The minimum absolute atomic E-state index is 0.784. The zero-order valence-electron chi connectivity index (χ0n) is 14.2. The lowest BCUT2D eigenvalue weighted by Crippen LogP contribution is -2.29. The van der Waals surface area contributed by atoms with Gasteiger partial charge in [-0.3, -0.25) is 5.10 Å². The largest absolute Gasteiger partial charge is 0.355 e. The molecule has 1 fully saturated rings. The maximum atomic E-state index is 5.02. The molecule has 6 nitrogen and oxygen atoms in total. The Morgan fingerprint density at radius 3 is 2.92 bits per heavy atom. The zero-order chi connectivity index (χ0) is 16.6. The van der Waals surface area contributed by atoms with Crippen molar-refractivity contribution < 1.29 is 0 Å². The van der Waals surface area contributed by atoms with Gasteiger partial charge in [-0.05, 0) is 44.2 Å². The lowest BCUT2D eigenvalue weighted by atomic mass is 9.97. The predicted molar refractivity (Wildman–Crippen MR) is 101 cm³/mol. The van der Waals surface area contributed by atoms with Crippen molar-refractivity contribution in [2.75, 3.05) is 31.1 Å². The summed E-state index contributed by atoms with van der Waals surface area (Å²) in [7, 11) is 0. The van der Waals surface area contributed by atoms with Crippen LogP contribution in [0, 0.1) is 0 Å². The second-order valence-corrected chi connectivity index (χ2v) is 7.92. The second kappa shape index (κ2) is 6.38. The fourth-order valence-electron chi connectivity index (χ4n) is 3.93. The van der Waals surface area contributed by atoms with Crippen LogP contribution in [0.25, 0.3) is 21.6 Å². The van der Waals surface area contributed by atoms with Crippen LogP contribution < -0.4 is 10.2 Å². The number of anilines is 1. The fraction of sp³-hybridized carbons (Fsp3) is 0.500. The molecular weight excluding hydrogens is 332 g/mol. The number of hydrogen-bond donors (Lipinski definition) is 2. The van der Waals surface area contributed by atoms with Crippen molar-refractivity contribution in [3.05, 3.63) is 22.8 Å². The Kier molecular flexibility index (Phi) is 3.90. The summed E-state index contributed by atoms with van der Waals surface area (Å²) in [5, 5.41) is 11.8. The molecule has 0 amide bonds. The molecule has 130 valence electrons. The van der Waals surface area contributed by atoms with Crippen molar-refractivity contribution in [3.63, 3.8) is 0 Å². The number of aromatic nitrogens is 4. The van der Waals surface area contributed by atoms with Crippen molar-refractivity contribution in [1.82, 2.24) is 25.5 Å². The normalized spacial score (nSPS) is 18.3. The molecule has 1 saturated heterocycles. The maximum absolute atomic E-state index is 5.02. The van der Waals surface area contributed by atoms with Gasteiger partial charge in [-0.15, -0.1) is 11.3 Å². The van der Waals surface area contributed by atoms with E-state index < -0.39 is 0 Å². The summed E-state index contributed by atoms with van der Waals surface area (Å²) >= 11 is 1.87. The van der Waals surface area contributed by atoms with Crippen molar-refractivity contribution >= 4 is 27.4 Å². The van der Waals surface area contributed by atoms with Crippen molar-refractivity contribution in [3.8, 4) is 11.4 Å². The highest BCUT2D eigenvalue weighted by molar-refractivity contribution is 7.19. The minimum Gasteiger partial charge on any atom is -0.355 e. The molecule has 2 N–H and O–H groups in total. The standard InChI is InChI=1S/C18H22N6S/c1-2-5-14-13(4-1)15-17(24-8-3-6-19-7-9-24)22-16(23-18(15)25-14)12-10-20-21-11-12/h10-11,19H,1-9H2,(H,20,21). The summed E-state index contributed by atoms with van der Waals surface area (Å²) in [4.78, 5) is 15.0. The van der Waals surface area contributed by atoms with Gasteiger partial charge in [-0.25, -0.2) is 9.97 Å². The molecule has 0 saturated carbocycles. The van der Waals surface area contributed by atoms with Crippen LogP contribution in [0.15, 0.2) is 12.4 Å². The highest BCUT2D eigenvalue weighted by Crippen LogP contribution is 2.40. The van der Waals surface area contributed by atoms with Crippen LogP contribution >= 0.6 is 11.3 Å². The highest BCUT2D eigenvalue weighted by atomic mass is 32.1. The molecular formula is C18H22N6S. The van der Waals surface area contributed by atoms with Gasteiger partial charge < -0.3 is 10.2 Å². The van der Waals surface area contributed by atoms with Crippen molar-refractivity contribution in [2.24, 2.45) is 0 Å². The van der Waals surface area contributed by atoms with E-state index in [2.05, 4.69) is 20.4 Å². The Hall–Kier alpha value is -1.99. The minimum atomic E-state index is 0.784. The average Bonchev–Trinajstić information content (AvgIpc) is 3.22. The molecule has 2 aliphatic rings. The summed E-state index contributed by atoms with van der Waals surface area (Å²) in [6.45, 7) is 4.15. The third-order valence-corrected chi connectivity index (χ3v) is 6.38. The predicted octanol–water partition coefficient (Wildman–Crippen LogP) is 2.76. The van der Waals surface area contributed by atoms with E-state index in [4.69, 9.17) is 9.97 Å². The first kappa shape index (κ1) is 15.3. The molecule has 0 unspecified atom stereocenters. The average molecular weight is 354 g/mol. The molecule has 0 spiro atoms.